The van der Waals surface area contributed by atoms with Crippen LogP contribution in [0.3, 0.4) is 0 Å². The first-order valence-electron chi connectivity index (χ1n) is 4.75. The molecule has 1 saturated heterocycles. The fraction of sp³-hybridized carbons (Fsp3) is 0.600. The summed E-state index contributed by atoms with van der Waals surface area (Å²) in [4.78, 5) is 0. The van der Waals surface area contributed by atoms with Crippen LogP contribution in [-0.2, 0) is 0 Å². The number of rotatable bonds is 0. The van der Waals surface area contributed by atoms with Gasteiger partial charge in [-0.05, 0) is 44.5 Å². The van der Waals surface area contributed by atoms with Crippen molar-refractivity contribution < 1.29 is 9.52 Å². The Hall–Kier alpha value is -0.800. The number of hydrogen-bond donors (Lipinski definition) is 2. The van der Waals surface area contributed by atoms with E-state index in [1.165, 1.54) is 0 Å². The van der Waals surface area contributed by atoms with Gasteiger partial charge in [-0.3, -0.25) is 0 Å². The quantitative estimate of drug-likeness (QED) is 0.639. The van der Waals surface area contributed by atoms with Crippen LogP contribution >= 0.6 is 0 Å². The Morgan fingerprint density at radius 1 is 1.15 bits per heavy atom. The zero-order valence-corrected chi connectivity index (χ0v) is 7.78. The Kier molecular flexibility index (Phi) is 5.29. The smallest absolute Gasteiger partial charge is 0.0902 e. The van der Waals surface area contributed by atoms with Crippen LogP contribution in [0, 0.1) is 0 Å². The fourth-order valence-corrected chi connectivity index (χ4v) is 1.23. The lowest BCUT2D eigenvalue weighted by Crippen LogP contribution is -2.14. The van der Waals surface area contributed by atoms with Crippen molar-refractivity contribution in [3.8, 4) is 0 Å². The first-order valence-corrected chi connectivity index (χ1v) is 4.75. The molecule has 1 atom stereocenters. The topological polar surface area (TPSA) is 45.4 Å². The maximum absolute atomic E-state index is 9.05. The summed E-state index contributed by atoms with van der Waals surface area (Å²) in [5.74, 6) is 0. The molecular formula is C10H17NO2. The van der Waals surface area contributed by atoms with Gasteiger partial charge in [-0.1, -0.05) is 0 Å². The molecule has 1 aromatic heterocycles. The average Bonchev–Trinajstić information content (AvgIpc) is 2.62. The molecule has 74 valence electrons. The maximum Gasteiger partial charge on any atom is 0.0902 e. The Balaban J connectivity index is 0.000000145. The number of hydrogen-bond acceptors (Lipinski definition) is 3. The van der Waals surface area contributed by atoms with Gasteiger partial charge in [0.25, 0.3) is 0 Å². The summed E-state index contributed by atoms with van der Waals surface area (Å²) in [6.07, 6.45) is 6.25. The third-order valence-electron chi connectivity index (χ3n) is 1.97. The van der Waals surface area contributed by atoms with Gasteiger partial charge in [0.1, 0.15) is 0 Å². The highest BCUT2D eigenvalue weighted by Gasteiger charge is 2.05. The van der Waals surface area contributed by atoms with Gasteiger partial charge in [0, 0.05) is 0 Å². The average molecular weight is 183 g/mol. The summed E-state index contributed by atoms with van der Waals surface area (Å²) >= 11 is 0. The van der Waals surface area contributed by atoms with E-state index in [1.54, 1.807) is 12.5 Å². The molecule has 1 fully saturated rings. The molecule has 0 saturated carbocycles. The standard InChI is InChI=1S/C6H13NO.C4H4O/c8-6-2-1-4-7-5-3-6;1-2-4-5-3-1/h6-8H,1-5H2;1-4H. The Morgan fingerprint density at radius 3 is 2.54 bits per heavy atom. The van der Waals surface area contributed by atoms with Gasteiger partial charge in [0.15, 0.2) is 0 Å². The molecule has 13 heavy (non-hydrogen) atoms. The summed E-state index contributed by atoms with van der Waals surface area (Å²) in [5.41, 5.74) is 0. The molecule has 1 aliphatic heterocycles. The second-order valence-electron chi connectivity index (χ2n) is 3.13. The summed E-state index contributed by atoms with van der Waals surface area (Å²) < 4.78 is 4.58. The van der Waals surface area contributed by atoms with E-state index in [-0.39, 0.29) is 6.10 Å². The van der Waals surface area contributed by atoms with E-state index in [0.717, 1.165) is 32.4 Å². The Bertz CT molecular complexity index is 162. The molecule has 0 bridgehead atoms. The van der Waals surface area contributed by atoms with Crippen molar-refractivity contribution >= 4 is 0 Å². The van der Waals surface area contributed by atoms with Crippen LogP contribution in [-0.4, -0.2) is 24.3 Å². The van der Waals surface area contributed by atoms with Crippen LogP contribution in [0.5, 0.6) is 0 Å². The van der Waals surface area contributed by atoms with Gasteiger partial charge < -0.3 is 14.8 Å². The highest BCUT2D eigenvalue weighted by molar-refractivity contribution is 4.79. The van der Waals surface area contributed by atoms with Gasteiger partial charge in [-0.2, -0.15) is 0 Å². The maximum atomic E-state index is 9.05. The molecular weight excluding hydrogens is 166 g/mol. The first kappa shape index (κ1) is 10.3. The predicted octanol–water partition coefficient (Wildman–Crippen LogP) is 1.40. The van der Waals surface area contributed by atoms with Gasteiger partial charge >= 0.3 is 0 Å². The normalized spacial score (nSPS) is 22.7. The SMILES string of the molecule is OC1CCCNCC1.c1ccoc1. The van der Waals surface area contributed by atoms with Crippen molar-refractivity contribution in [1.82, 2.24) is 5.32 Å². The number of furan rings is 1. The molecule has 1 aliphatic rings. The zero-order chi connectivity index (χ0) is 9.36. The van der Waals surface area contributed by atoms with E-state index in [1.807, 2.05) is 12.1 Å². The molecule has 2 heterocycles. The third-order valence-corrected chi connectivity index (χ3v) is 1.97. The molecule has 0 radical (unpaired) electrons. The third kappa shape index (κ3) is 5.44. The molecule has 3 heteroatoms. The summed E-state index contributed by atoms with van der Waals surface area (Å²) in [6, 6.07) is 3.67. The van der Waals surface area contributed by atoms with Gasteiger partial charge in [0.2, 0.25) is 0 Å². The van der Waals surface area contributed by atoms with Crippen molar-refractivity contribution in [3.63, 3.8) is 0 Å². The Labute approximate surface area is 78.8 Å². The van der Waals surface area contributed by atoms with Crippen LogP contribution in [0.1, 0.15) is 19.3 Å². The van der Waals surface area contributed by atoms with Crippen LogP contribution in [0.25, 0.3) is 0 Å². The van der Waals surface area contributed by atoms with E-state index < -0.39 is 0 Å². The second-order valence-corrected chi connectivity index (χ2v) is 3.13. The first-order chi connectivity index (χ1) is 6.39. The van der Waals surface area contributed by atoms with Gasteiger partial charge in [0.05, 0.1) is 18.6 Å². The molecule has 2 N–H and O–H groups in total. The molecule has 3 nitrogen and oxygen atoms in total. The minimum atomic E-state index is -0.0370. The highest BCUT2D eigenvalue weighted by atomic mass is 16.3. The van der Waals surface area contributed by atoms with E-state index in [9.17, 15) is 0 Å². The molecule has 0 amide bonds. The van der Waals surface area contributed by atoms with Crippen LogP contribution < -0.4 is 5.32 Å². The lowest BCUT2D eigenvalue weighted by molar-refractivity contribution is 0.161. The van der Waals surface area contributed by atoms with Crippen molar-refractivity contribution in [3.05, 3.63) is 24.7 Å². The summed E-state index contributed by atoms with van der Waals surface area (Å²) in [7, 11) is 0. The summed E-state index contributed by atoms with van der Waals surface area (Å²) in [5, 5.41) is 12.3. The lowest BCUT2D eigenvalue weighted by atomic mass is 10.2. The minimum absolute atomic E-state index is 0.0370. The van der Waals surface area contributed by atoms with E-state index in [2.05, 4.69) is 9.73 Å². The molecule has 1 aromatic rings. The van der Waals surface area contributed by atoms with Crippen molar-refractivity contribution in [2.45, 2.75) is 25.4 Å². The predicted molar refractivity (Wildman–Crippen MR) is 51.4 cm³/mol. The Morgan fingerprint density at radius 2 is 1.92 bits per heavy atom. The highest BCUT2D eigenvalue weighted by Crippen LogP contribution is 2.02. The van der Waals surface area contributed by atoms with Crippen LogP contribution in [0.15, 0.2) is 29.1 Å². The van der Waals surface area contributed by atoms with Crippen LogP contribution in [0.4, 0.5) is 0 Å². The van der Waals surface area contributed by atoms with Gasteiger partial charge in [-0.25, -0.2) is 0 Å². The number of nitrogens with one attached hydrogen (secondary N) is 1. The molecule has 2 rings (SSSR count). The fourth-order valence-electron chi connectivity index (χ4n) is 1.23. The van der Waals surface area contributed by atoms with E-state index in [4.69, 9.17) is 5.11 Å². The monoisotopic (exact) mass is 183 g/mol. The van der Waals surface area contributed by atoms with Crippen LogP contribution in [0.2, 0.25) is 0 Å². The summed E-state index contributed by atoms with van der Waals surface area (Å²) in [6.45, 7) is 2.07. The van der Waals surface area contributed by atoms with Gasteiger partial charge in [-0.15, -0.1) is 0 Å². The number of aliphatic hydroxyl groups is 1. The molecule has 0 aromatic carbocycles. The van der Waals surface area contributed by atoms with Crippen molar-refractivity contribution in [2.75, 3.05) is 13.1 Å². The van der Waals surface area contributed by atoms with Crippen molar-refractivity contribution in [2.24, 2.45) is 0 Å². The zero-order valence-electron chi connectivity index (χ0n) is 7.78. The second kappa shape index (κ2) is 6.69. The molecule has 0 spiro atoms. The molecule has 0 aliphatic carbocycles. The largest absolute Gasteiger partial charge is 0.473 e. The minimum Gasteiger partial charge on any atom is -0.473 e. The van der Waals surface area contributed by atoms with E-state index >= 15 is 0 Å². The lowest BCUT2D eigenvalue weighted by Gasteiger charge is -2.01. The van der Waals surface area contributed by atoms with E-state index in [0.29, 0.717) is 0 Å². The number of aliphatic hydroxyl groups excluding tert-OH is 1. The molecule has 1 unspecified atom stereocenters. The van der Waals surface area contributed by atoms with Crippen molar-refractivity contribution in [1.29, 1.82) is 0 Å².